The van der Waals surface area contributed by atoms with Crippen LogP contribution in [0.3, 0.4) is 0 Å². The SMILES string of the molecule is CC(C)C(NC(=O)CSc1nc2ccccc2[nH]1)c1ccc2c(c1)OCCCO2. The van der Waals surface area contributed by atoms with Crippen LogP contribution in [0, 0.1) is 5.92 Å². The second-order valence-electron chi connectivity index (χ2n) is 7.39. The molecular weight excluding hydrogens is 386 g/mol. The molecule has 0 radical (unpaired) electrons. The van der Waals surface area contributed by atoms with Crippen molar-refractivity contribution in [3.8, 4) is 11.5 Å². The molecule has 0 saturated carbocycles. The van der Waals surface area contributed by atoms with Crippen LogP contribution in [0.4, 0.5) is 0 Å². The number of benzene rings is 2. The van der Waals surface area contributed by atoms with Crippen molar-refractivity contribution < 1.29 is 14.3 Å². The molecule has 7 heteroatoms. The Morgan fingerprint density at radius 1 is 1.17 bits per heavy atom. The smallest absolute Gasteiger partial charge is 0.230 e. The zero-order valence-corrected chi connectivity index (χ0v) is 17.4. The van der Waals surface area contributed by atoms with E-state index in [1.54, 1.807) is 0 Å². The first-order chi connectivity index (χ1) is 14.1. The second kappa shape index (κ2) is 8.78. The maximum atomic E-state index is 12.6. The van der Waals surface area contributed by atoms with Gasteiger partial charge in [0.1, 0.15) is 0 Å². The lowest BCUT2D eigenvalue weighted by molar-refractivity contribution is -0.119. The number of carbonyl (C=O) groups excluding carboxylic acids is 1. The summed E-state index contributed by atoms with van der Waals surface area (Å²) >= 11 is 1.41. The number of nitrogens with zero attached hydrogens (tertiary/aromatic N) is 1. The predicted molar refractivity (Wildman–Crippen MR) is 115 cm³/mol. The normalized spacial score (nSPS) is 14.6. The van der Waals surface area contributed by atoms with Crippen molar-refractivity contribution in [1.82, 2.24) is 15.3 Å². The van der Waals surface area contributed by atoms with Gasteiger partial charge in [0.2, 0.25) is 5.91 Å². The number of carbonyl (C=O) groups is 1. The van der Waals surface area contributed by atoms with Gasteiger partial charge in [0.25, 0.3) is 0 Å². The molecule has 152 valence electrons. The average molecular weight is 412 g/mol. The van der Waals surface area contributed by atoms with Gasteiger partial charge in [-0.15, -0.1) is 0 Å². The zero-order chi connectivity index (χ0) is 20.2. The molecule has 0 spiro atoms. The van der Waals surface area contributed by atoms with Crippen molar-refractivity contribution >= 4 is 28.7 Å². The molecule has 1 amide bonds. The van der Waals surface area contributed by atoms with Gasteiger partial charge in [0.05, 0.1) is 36.0 Å². The molecule has 2 aromatic carbocycles. The van der Waals surface area contributed by atoms with Crippen LogP contribution < -0.4 is 14.8 Å². The van der Waals surface area contributed by atoms with E-state index in [2.05, 4.69) is 29.1 Å². The largest absolute Gasteiger partial charge is 0.490 e. The lowest BCUT2D eigenvalue weighted by Crippen LogP contribution is -2.33. The third-order valence-electron chi connectivity index (χ3n) is 4.82. The summed E-state index contributed by atoms with van der Waals surface area (Å²) in [5.74, 6) is 2.02. The van der Waals surface area contributed by atoms with E-state index in [-0.39, 0.29) is 17.9 Å². The van der Waals surface area contributed by atoms with Crippen LogP contribution in [0.15, 0.2) is 47.6 Å². The summed E-state index contributed by atoms with van der Waals surface area (Å²) in [7, 11) is 0. The zero-order valence-electron chi connectivity index (χ0n) is 16.6. The maximum absolute atomic E-state index is 12.6. The molecule has 0 fully saturated rings. The van der Waals surface area contributed by atoms with Crippen LogP contribution in [0.1, 0.15) is 31.9 Å². The van der Waals surface area contributed by atoms with E-state index in [1.165, 1.54) is 11.8 Å². The Bertz CT molecular complexity index is 969. The molecule has 1 atom stereocenters. The summed E-state index contributed by atoms with van der Waals surface area (Å²) in [6.07, 6.45) is 0.868. The Hall–Kier alpha value is -2.67. The van der Waals surface area contributed by atoms with Gasteiger partial charge in [-0.2, -0.15) is 0 Å². The minimum atomic E-state index is -0.101. The number of aromatic nitrogens is 2. The highest BCUT2D eigenvalue weighted by molar-refractivity contribution is 7.99. The van der Waals surface area contributed by atoms with Gasteiger partial charge in [-0.1, -0.05) is 43.8 Å². The summed E-state index contributed by atoms with van der Waals surface area (Å²) in [5.41, 5.74) is 2.90. The Balaban J connectivity index is 1.42. The average Bonchev–Trinajstić information content (AvgIpc) is 2.99. The third-order valence-corrected chi connectivity index (χ3v) is 5.69. The van der Waals surface area contributed by atoms with E-state index in [0.717, 1.165) is 39.7 Å². The Kier molecular flexibility index (Phi) is 5.94. The summed E-state index contributed by atoms with van der Waals surface area (Å²) in [4.78, 5) is 20.4. The summed E-state index contributed by atoms with van der Waals surface area (Å²) in [6, 6.07) is 13.7. The highest BCUT2D eigenvalue weighted by Gasteiger charge is 2.21. The molecule has 1 aliphatic rings. The Morgan fingerprint density at radius 2 is 1.97 bits per heavy atom. The molecule has 1 unspecified atom stereocenters. The first-order valence-electron chi connectivity index (χ1n) is 9.86. The number of H-pyrrole nitrogens is 1. The van der Waals surface area contributed by atoms with E-state index in [1.807, 2.05) is 42.5 Å². The molecule has 0 saturated heterocycles. The quantitative estimate of drug-likeness (QED) is 0.591. The number of nitrogens with one attached hydrogen (secondary N) is 2. The minimum absolute atomic E-state index is 0.0266. The molecule has 2 N–H and O–H groups in total. The van der Waals surface area contributed by atoms with Crippen LogP contribution >= 0.6 is 11.8 Å². The van der Waals surface area contributed by atoms with Crippen LogP contribution in [-0.2, 0) is 4.79 Å². The number of aromatic amines is 1. The van der Waals surface area contributed by atoms with Crippen molar-refractivity contribution in [3.63, 3.8) is 0 Å². The van der Waals surface area contributed by atoms with Crippen molar-refractivity contribution in [3.05, 3.63) is 48.0 Å². The number of thioether (sulfide) groups is 1. The molecular formula is C22H25N3O3S. The fourth-order valence-electron chi connectivity index (χ4n) is 3.35. The highest BCUT2D eigenvalue weighted by atomic mass is 32.2. The van der Waals surface area contributed by atoms with E-state index >= 15 is 0 Å². The second-order valence-corrected chi connectivity index (χ2v) is 8.36. The number of ether oxygens (including phenoxy) is 2. The molecule has 2 heterocycles. The van der Waals surface area contributed by atoms with Crippen molar-refractivity contribution in [2.24, 2.45) is 5.92 Å². The van der Waals surface area contributed by atoms with Gasteiger partial charge in [0.15, 0.2) is 16.7 Å². The number of fused-ring (bicyclic) bond motifs is 2. The van der Waals surface area contributed by atoms with E-state index in [4.69, 9.17) is 9.47 Å². The maximum Gasteiger partial charge on any atom is 0.230 e. The van der Waals surface area contributed by atoms with Crippen molar-refractivity contribution in [2.45, 2.75) is 31.5 Å². The van der Waals surface area contributed by atoms with Gasteiger partial charge in [-0.25, -0.2) is 4.98 Å². The summed E-state index contributed by atoms with van der Waals surface area (Å²) in [6.45, 7) is 5.50. The first kappa shape index (κ1) is 19.6. The van der Waals surface area contributed by atoms with Gasteiger partial charge in [-0.3, -0.25) is 4.79 Å². The fraction of sp³-hybridized carbons (Fsp3) is 0.364. The number of hydrogen-bond donors (Lipinski definition) is 2. The van der Waals surface area contributed by atoms with Gasteiger partial charge < -0.3 is 19.8 Å². The predicted octanol–water partition coefficient (Wildman–Crippen LogP) is 4.33. The Morgan fingerprint density at radius 3 is 2.76 bits per heavy atom. The first-order valence-corrected chi connectivity index (χ1v) is 10.8. The molecule has 3 aromatic rings. The minimum Gasteiger partial charge on any atom is -0.490 e. The fourth-order valence-corrected chi connectivity index (χ4v) is 4.05. The molecule has 4 rings (SSSR count). The van der Waals surface area contributed by atoms with Crippen LogP contribution in [0.25, 0.3) is 11.0 Å². The summed E-state index contributed by atoms with van der Waals surface area (Å²) in [5, 5.41) is 3.91. The topological polar surface area (TPSA) is 76.2 Å². The molecule has 1 aromatic heterocycles. The van der Waals surface area contributed by atoms with E-state index in [0.29, 0.717) is 19.0 Å². The molecule has 29 heavy (non-hydrogen) atoms. The standard InChI is InChI=1S/C22H25N3O3S/c1-14(2)21(15-8-9-18-19(12-15)28-11-5-10-27-18)25-20(26)13-29-22-23-16-6-3-4-7-17(16)24-22/h3-4,6-9,12,14,21H,5,10-11,13H2,1-2H3,(H,23,24)(H,25,26). The van der Waals surface area contributed by atoms with Crippen molar-refractivity contribution in [2.75, 3.05) is 19.0 Å². The molecule has 0 aliphatic carbocycles. The lowest BCUT2D eigenvalue weighted by atomic mass is 9.95. The Labute approximate surface area is 174 Å². The van der Waals surface area contributed by atoms with Crippen LogP contribution in [-0.4, -0.2) is 34.8 Å². The van der Waals surface area contributed by atoms with E-state index in [9.17, 15) is 4.79 Å². The van der Waals surface area contributed by atoms with Crippen LogP contribution in [0.5, 0.6) is 11.5 Å². The lowest BCUT2D eigenvalue weighted by Gasteiger charge is -2.23. The number of rotatable bonds is 6. The molecule has 6 nitrogen and oxygen atoms in total. The summed E-state index contributed by atoms with van der Waals surface area (Å²) < 4.78 is 11.5. The molecule has 1 aliphatic heterocycles. The number of hydrogen-bond acceptors (Lipinski definition) is 5. The van der Waals surface area contributed by atoms with Gasteiger partial charge in [0, 0.05) is 6.42 Å². The monoisotopic (exact) mass is 411 g/mol. The number of para-hydroxylation sites is 2. The highest BCUT2D eigenvalue weighted by Crippen LogP contribution is 2.34. The number of imidazole rings is 1. The van der Waals surface area contributed by atoms with Crippen molar-refractivity contribution in [1.29, 1.82) is 0 Å². The third kappa shape index (κ3) is 4.67. The van der Waals surface area contributed by atoms with Crippen LogP contribution in [0.2, 0.25) is 0 Å². The van der Waals surface area contributed by atoms with Gasteiger partial charge in [-0.05, 0) is 35.7 Å². The molecule has 0 bridgehead atoms. The van der Waals surface area contributed by atoms with Gasteiger partial charge >= 0.3 is 0 Å². The van der Waals surface area contributed by atoms with E-state index < -0.39 is 0 Å². The number of amides is 1.